The zero-order valence-electron chi connectivity index (χ0n) is 23.5. The normalized spacial score (nSPS) is 10.2. The Labute approximate surface area is 235 Å². The molecule has 0 aliphatic heterocycles. The number of aryl methyl sites for hydroxylation is 1. The largest absolute Gasteiger partial charge is 0.490 e. The highest BCUT2D eigenvalue weighted by Gasteiger charge is 2.12. The first-order valence-corrected chi connectivity index (χ1v) is 12.6. The molecule has 0 aromatic heterocycles. The van der Waals surface area contributed by atoms with Crippen LogP contribution in [-0.2, 0) is 28.6 Å². The molecule has 0 saturated heterocycles. The van der Waals surface area contributed by atoms with Crippen molar-refractivity contribution in [2.45, 2.75) is 27.7 Å². The van der Waals surface area contributed by atoms with Crippen molar-refractivity contribution in [3.8, 4) is 28.4 Å². The molecule has 40 heavy (non-hydrogen) atoms. The maximum Gasteiger partial charge on any atom is 0.333 e. The minimum atomic E-state index is -0.505. The van der Waals surface area contributed by atoms with Crippen LogP contribution in [-0.4, -0.2) is 57.5 Å². The van der Waals surface area contributed by atoms with Gasteiger partial charge in [-0.25, -0.2) is 14.4 Å². The number of hydrogen-bond acceptors (Lipinski definition) is 9. The van der Waals surface area contributed by atoms with E-state index in [0.717, 1.165) is 16.7 Å². The van der Waals surface area contributed by atoms with E-state index in [9.17, 15) is 14.4 Å². The van der Waals surface area contributed by atoms with Crippen LogP contribution < -0.4 is 14.2 Å². The summed E-state index contributed by atoms with van der Waals surface area (Å²) in [5.41, 5.74) is 3.49. The standard InChI is InChI=1S/C31H36O9/c1-20(2)29(32)38-15-12-35-26-11-10-25(19-28(26)37-14-17-40-31(34)22(5)6)24-9-8-23(7)27(18-24)36-13-16-39-30(33)21(3)4/h8-11,18-19H,1,3,5,12-17H2,2,4,6-7H3. The SMILES string of the molecule is C=C(C)C(=O)OCCOc1cc(-c2ccc(OCCOC(=O)C(=C)C)c(OCCOC(=O)C(=C)C)c2)ccc1C. The summed E-state index contributed by atoms with van der Waals surface area (Å²) in [6.07, 6.45) is 0. The van der Waals surface area contributed by atoms with E-state index in [-0.39, 0.29) is 39.6 Å². The van der Waals surface area contributed by atoms with Crippen molar-refractivity contribution in [3.63, 3.8) is 0 Å². The average Bonchev–Trinajstić information content (AvgIpc) is 2.92. The number of carbonyl (C=O) groups excluding carboxylic acids is 3. The van der Waals surface area contributed by atoms with Gasteiger partial charge in [-0.15, -0.1) is 0 Å². The summed E-state index contributed by atoms with van der Waals surface area (Å²) in [5.74, 6) is -0.00467. The van der Waals surface area contributed by atoms with Gasteiger partial charge in [0.2, 0.25) is 0 Å². The lowest BCUT2D eigenvalue weighted by atomic mass is 10.0. The molecule has 0 amide bonds. The van der Waals surface area contributed by atoms with E-state index in [1.807, 2.05) is 31.2 Å². The van der Waals surface area contributed by atoms with Crippen LogP contribution in [0.25, 0.3) is 11.1 Å². The molecule has 0 N–H and O–H groups in total. The molecule has 0 heterocycles. The average molecular weight is 553 g/mol. The Balaban J connectivity index is 2.16. The van der Waals surface area contributed by atoms with Crippen molar-refractivity contribution >= 4 is 17.9 Å². The van der Waals surface area contributed by atoms with E-state index in [1.165, 1.54) is 0 Å². The summed E-state index contributed by atoms with van der Waals surface area (Å²) < 4.78 is 32.8. The molecule has 0 bridgehead atoms. The highest BCUT2D eigenvalue weighted by molar-refractivity contribution is 5.87. The minimum absolute atomic E-state index is 0.0179. The fraction of sp³-hybridized carbons (Fsp3) is 0.323. The van der Waals surface area contributed by atoms with E-state index >= 15 is 0 Å². The fourth-order valence-electron chi connectivity index (χ4n) is 3.08. The maximum absolute atomic E-state index is 11.7. The van der Waals surface area contributed by atoms with Crippen LogP contribution in [0.1, 0.15) is 26.3 Å². The first-order chi connectivity index (χ1) is 19.0. The summed E-state index contributed by atoms with van der Waals surface area (Å²) in [4.78, 5) is 34.8. The van der Waals surface area contributed by atoms with Crippen LogP contribution >= 0.6 is 0 Å². The molecule has 214 valence electrons. The number of ether oxygens (including phenoxy) is 6. The van der Waals surface area contributed by atoms with Gasteiger partial charge in [0.25, 0.3) is 0 Å². The Morgan fingerprint density at radius 3 is 1.38 bits per heavy atom. The highest BCUT2D eigenvalue weighted by atomic mass is 16.6. The number of hydrogen-bond donors (Lipinski definition) is 0. The van der Waals surface area contributed by atoms with E-state index in [1.54, 1.807) is 32.9 Å². The molecular formula is C31H36O9. The van der Waals surface area contributed by atoms with E-state index in [0.29, 0.717) is 34.0 Å². The molecule has 9 heteroatoms. The first-order valence-electron chi connectivity index (χ1n) is 12.6. The Morgan fingerprint density at radius 2 is 0.925 bits per heavy atom. The van der Waals surface area contributed by atoms with Gasteiger partial charge in [-0.3, -0.25) is 0 Å². The van der Waals surface area contributed by atoms with Crippen LogP contribution in [0.3, 0.4) is 0 Å². The Bertz CT molecular complexity index is 1260. The Hall–Kier alpha value is -4.53. The van der Waals surface area contributed by atoms with Gasteiger partial charge in [-0.1, -0.05) is 37.9 Å². The lowest BCUT2D eigenvalue weighted by Gasteiger charge is -2.16. The van der Waals surface area contributed by atoms with Crippen LogP contribution in [0.2, 0.25) is 0 Å². The van der Waals surface area contributed by atoms with E-state index in [2.05, 4.69) is 19.7 Å². The van der Waals surface area contributed by atoms with Crippen LogP contribution in [0.15, 0.2) is 72.9 Å². The second-order valence-electron chi connectivity index (χ2n) is 8.94. The Kier molecular flexibility index (Phi) is 12.5. The van der Waals surface area contributed by atoms with Crippen molar-refractivity contribution in [2.75, 3.05) is 39.6 Å². The summed E-state index contributed by atoms with van der Waals surface area (Å²) in [7, 11) is 0. The van der Waals surface area contributed by atoms with Gasteiger partial charge in [0.15, 0.2) is 11.5 Å². The fourth-order valence-corrected chi connectivity index (χ4v) is 3.08. The maximum atomic E-state index is 11.7. The second kappa shape index (κ2) is 15.8. The third-order valence-electron chi connectivity index (χ3n) is 5.23. The monoisotopic (exact) mass is 552 g/mol. The topological polar surface area (TPSA) is 107 Å². The molecule has 0 saturated carbocycles. The van der Waals surface area contributed by atoms with Crippen molar-refractivity contribution in [1.29, 1.82) is 0 Å². The van der Waals surface area contributed by atoms with Crippen molar-refractivity contribution < 1.29 is 42.8 Å². The molecule has 0 spiro atoms. The van der Waals surface area contributed by atoms with Crippen LogP contribution in [0.5, 0.6) is 17.2 Å². The summed E-state index contributed by atoms with van der Waals surface area (Å²) in [6.45, 7) is 17.8. The van der Waals surface area contributed by atoms with Gasteiger partial charge in [0.05, 0.1) is 0 Å². The zero-order chi connectivity index (χ0) is 29.7. The van der Waals surface area contributed by atoms with E-state index in [4.69, 9.17) is 28.4 Å². The molecule has 0 aliphatic carbocycles. The molecule has 0 atom stereocenters. The molecular weight excluding hydrogens is 516 g/mol. The third kappa shape index (κ3) is 10.3. The van der Waals surface area contributed by atoms with E-state index < -0.39 is 17.9 Å². The lowest BCUT2D eigenvalue weighted by molar-refractivity contribution is -0.140. The predicted octanol–water partition coefficient (Wildman–Crippen LogP) is 5.16. The smallest absolute Gasteiger partial charge is 0.333 e. The van der Waals surface area contributed by atoms with Gasteiger partial charge >= 0.3 is 17.9 Å². The number of esters is 3. The minimum Gasteiger partial charge on any atom is -0.490 e. The molecule has 0 fully saturated rings. The number of rotatable bonds is 16. The first kappa shape index (κ1) is 31.7. The summed E-state index contributed by atoms with van der Waals surface area (Å²) in [5, 5.41) is 0. The highest BCUT2D eigenvalue weighted by Crippen LogP contribution is 2.35. The molecule has 0 radical (unpaired) electrons. The molecule has 2 aromatic carbocycles. The Morgan fingerprint density at radius 1 is 0.550 bits per heavy atom. The van der Waals surface area contributed by atoms with Gasteiger partial charge in [0.1, 0.15) is 45.4 Å². The molecule has 2 aromatic rings. The van der Waals surface area contributed by atoms with Crippen molar-refractivity contribution in [2.24, 2.45) is 0 Å². The van der Waals surface area contributed by atoms with Crippen LogP contribution in [0, 0.1) is 6.92 Å². The van der Waals surface area contributed by atoms with Crippen LogP contribution in [0.4, 0.5) is 0 Å². The zero-order valence-corrected chi connectivity index (χ0v) is 23.5. The second-order valence-corrected chi connectivity index (χ2v) is 8.94. The number of carbonyl (C=O) groups is 3. The summed E-state index contributed by atoms with van der Waals surface area (Å²) >= 11 is 0. The lowest BCUT2D eigenvalue weighted by Crippen LogP contribution is -2.14. The van der Waals surface area contributed by atoms with Gasteiger partial charge in [-0.05, 0) is 62.6 Å². The molecule has 9 nitrogen and oxygen atoms in total. The van der Waals surface area contributed by atoms with Crippen molar-refractivity contribution in [1.82, 2.24) is 0 Å². The predicted molar refractivity (Wildman–Crippen MR) is 150 cm³/mol. The molecule has 0 aliphatic rings. The molecule has 0 unspecified atom stereocenters. The van der Waals surface area contributed by atoms with Gasteiger partial charge < -0.3 is 28.4 Å². The quantitative estimate of drug-likeness (QED) is 0.121. The summed E-state index contributed by atoms with van der Waals surface area (Å²) in [6, 6.07) is 11.1. The molecule has 2 rings (SSSR count). The third-order valence-corrected chi connectivity index (χ3v) is 5.23. The van der Waals surface area contributed by atoms with Gasteiger partial charge in [-0.2, -0.15) is 0 Å². The van der Waals surface area contributed by atoms with Crippen molar-refractivity contribution in [3.05, 3.63) is 78.4 Å². The number of benzene rings is 2. The van der Waals surface area contributed by atoms with Gasteiger partial charge in [0, 0.05) is 16.7 Å².